The smallest absolute Gasteiger partial charge is 0.186 e. The molecule has 138 valence electrons. The summed E-state index contributed by atoms with van der Waals surface area (Å²) in [6, 6.07) is 9.80. The first kappa shape index (κ1) is 20.1. The SMILES string of the molecule is CCNC(=S)N/N=C\c1cc(Br)c(OCc2ccc(F)cc2)c(OC)c1. The van der Waals surface area contributed by atoms with Gasteiger partial charge in [0.1, 0.15) is 12.4 Å². The summed E-state index contributed by atoms with van der Waals surface area (Å²) in [5.74, 6) is 0.834. The summed E-state index contributed by atoms with van der Waals surface area (Å²) >= 11 is 8.52. The van der Waals surface area contributed by atoms with Gasteiger partial charge in [0.05, 0.1) is 17.8 Å². The molecule has 0 radical (unpaired) electrons. The van der Waals surface area contributed by atoms with Gasteiger partial charge in [0.2, 0.25) is 0 Å². The van der Waals surface area contributed by atoms with Crippen molar-refractivity contribution in [3.63, 3.8) is 0 Å². The molecule has 2 aromatic carbocycles. The van der Waals surface area contributed by atoms with Crippen LogP contribution in [0.3, 0.4) is 0 Å². The lowest BCUT2D eigenvalue weighted by atomic mass is 10.2. The Balaban J connectivity index is 2.09. The van der Waals surface area contributed by atoms with Crippen LogP contribution in [0, 0.1) is 5.82 Å². The zero-order valence-electron chi connectivity index (χ0n) is 14.4. The van der Waals surface area contributed by atoms with Crippen molar-refractivity contribution in [1.82, 2.24) is 10.7 Å². The third-order valence-electron chi connectivity index (χ3n) is 3.27. The standard InChI is InChI=1S/C18H19BrFN3O2S/c1-3-21-18(26)23-22-10-13-8-15(19)17(16(9-13)24-2)25-11-12-4-6-14(20)7-5-12/h4-10H,3,11H2,1-2H3,(H2,21,23,26)/b22-10-. The normalized spacial score (nSPS) is 10.6. The third-order valence-corrected chi connectivity index (χ3v) is 4.09. The van der Waals surface area contributed by atoms with Crippen LogP contribution in [0.1, 0.15) is 18.1 Å². The second kappa shape index (κ2) is 10.1. The van der Waals surface area contributed by atoms with Crippen LogP contribution in [0.25, 0.3) is 0 Å². The van der Waals surface area contributed by atoms with Gasteiger partial charge >= 0.3 is 0 Å². The summed E-state index contributed by atoms with van der Waals surface area (Å²) in [4.78, 5) is 0. The summed E-state index contributed by atoms with van der Waals surface area (Å²) in [6.45, 7) is 2.96. The molecule has 0 heterocycles. The summed E-state index contributed by atoms with van der Waals surface area (Å²) in [5, 5.41) is 7.47. The summed E-state index contributed by atoms with van der Waals surface area (Å²) in [6.07, 6.45) is 1.63. The first-order valence-electron chi connectivity index (χ1n) is 7.85. The van der Waals surface area contributed by atoms with Crippen molar-refractivity contribution in [2.24, 2.45) is 5.10 Å². The van der Waals surface area contributed by atoms with E-state index in [9.17, 15) is 4.39 Å². The number of ether oxygens (including phenoxy) is 2. The maximum atomic E-state index is 13.0. The van der Waals surface area contributed by atoms with Crippen molar-refractivity contribution in [2.45, 2.75) is 13.5 Å². The zero-order chi connectivity index (χ0) is 18.9. The van der Waals surface area contributed by atoms with Gasteiger partial charge in [-0.3, -0.25) is 5.43 Å². The minimum absolute atomic E-state index is 0.279. The predicted octanol–water partition coefficient (Wildman–Crippen LogP) is 3.99. The number of nitrogens with one attached hydrogen (secondary N) is 2. The highest BCUT2D eigenvalue weighted by Crippen LogP contribution is 2.36. The molecule has 0 saturated heterocycles. The Morgan fingerprint density at radius 3 is 2.69 bits per heavy atom. The van der Waals surface area contributed by atoms with Crippen molar-refractivity contribution in [3.8, 4) is 11.5 Å². The Morgan fingerprint density at radius 1 is 1.31 bits per heavy atom. The summed E-state index contributed by atoms with van der Waals surface area (Å²) in [5.41, 5.74) is 4.38. The zero-order valence-corrected chi connectivity index (χ0v) is 16.8. The summed E-state index contributed by atoms with van der Waals surface area (Å²) in [7, 11) is 1.56. The van der Waals surface area contributed by atoms with Gasteiger partial charge in [-0.05, 0) is 70.5 Å². The van der Waals surface area contributed by atoms with E-state index < -0.39 is 0 Å². The summed E-state index contributed by atoms with van der Waals surface area (Å²) < 4.78 is 24.9. The molecule has 0 spiro atoms. The van der Waals surface area contributed by atoms with Gasteiger partial charge in [-0.25, -0.2) is 4.39 Å². The highest BCUT2D eigenvalue weighted by atomic mass is 79.9. The molecule has 0 atom stereocenters. The maximum Gasteiger partial charge on any atom is 0.186 e. The van der Waals surface area contributed by atoms with Crippen molar-refractivity contribution in [2.75, 3.05) is 13.7 Å². The first-order chi connectivity index (χ1) is 12.5. The van der Waals surface area contributed by atoms with E-state index >= 15 is 0 Å². The van der Waals surface area contributed by atoms with E-state index in [-0.39, 0.29) is 5.82 Å². The molecule has 0 aliphatic rings. The number of hydrogen-bond acceptors (Lipinski definition) is 4. The number of hydrogen-bond donors (Lipinski definition) is 2. The van der Waals surface area contributed by atoms with E-state index in [1.165, 1.54) is 12.1 Å². The molecule has 2 rings (SSSR count). The van der Waals surface area contributed by atoms with Crippen molar-refractivity contribution >= 4 is 39.5 Å². The van der Waals surface area contributed by atoms with Gasteiger partial charge < -0.3 is 14.8 Å². The molecule has 0 aliphatic carbocycles. The van der Waals surface area contributed by atoms with E-state index in [0.29, 0.717) is 23.2 Å². The second-order valence-electron chi connectivity index (χ2n) is 5.18. The fourth-order valence-corrected chi connectivity index (χ4v) is 2.83. The van der Waals surface area contributed by atoms with E-state index in [1.54, 1.807) is 31.5 Å². The van der Waals surface area contributed by atoms with Crippen LogP contribution in [-0.4, -0.2) is 25.0 Å². The van der Waals surface area contributed by atoms with Crippen LogP contribution in [0.15, 0.2) is 46.0 Å². The topological polar surface area (TPSA) is 54.9 Å². The number of methoxy groups -OCH3 is 1. The number of nitrogens with zero attached hydrogens (tertiary/aromatic N) is 1. The molecule has 8 heteroatoms. The Bertz CT molecular complexity index is 785. The molecule has 0 fully saturated rings. The Kier molecular flexibility index (Phi) is 7.80. The fraction of sp³-hybridized carbons (Fsp3) is 0.222. The molecule has 26 heavy (non-hydrogen) atoms. The lowest BCUT2D eigenvalue weighted by molar-refractivity contribution is 0.282. The molecule has 0 unspecified atom stereocenters. The molecule has 0 saturated carbocycles. The molecule has 2 N–H and O–H groups in total. The minimum Gasteiger partial charge on any atom is -0.493 e. The third kappa shape index (κ3) is 5.96. The second-order valence-corrected chi connectivity index (χ2v) is 6.44. The van der Waals surface area contributed by atoms with Crippen molar-refractivity contribution in [3.05, 3.63) is 57.8 Å². The lowest BCUT2D eigenvalue weighted by Crippen LogP contribution is -2.31. The van der Waals surface area contributed by atoms with Gasteiger partial charge in [0.15, 0.2) is 16.6 Å². The van der Waals surface area contributed by atoms with Crippen LogP contribution in [0.4, 0.5) is 4.39 Å². The largest absolute Gasteiger partial charge is 0.493 e. The Morgan fingerprint density at radius 2 is 2.04 bits per heavy atom. The number of thiocarbonyl (C=S) groups is 1. The van der Waals surface area contributed by atoms with Gasteiger partial charge in [0, 0.05) is 6.54 Å². The number of halogens is 2. The highest BCUT2D eigenvalue weighted by Gasteiger charge is 2.11. The number of hydrazone groups is 1. The van der Waals surface area contributed by atoms with Gasteiger partial charge in [0.25, 0.3) is 0 Å². The molecular weight excluding hydrogens is 421 g/mol. The minimum atomic E-state index is -0.279. The number of rotatable bonds is 7. The number of benzene rings is 2. The van der Waals surface area contributed by atoms with E-state index in [4.69, 9.17) is 21.7 Å². The highest BCUT2D eigenvalue weighted by molar-refractivity contribution is 9.10. The molecule has 2 aromatic rings. The molecule has 0 aliphatic heterocycles. The van der Waals surface area contributed by atoms with Gasteiger partial charge in [-0.2, -0.15) is 5.10 Å². The van der Waals surface area contributed by atoms with Crippen LogP contribution in [0.2, 0.25) is 0 Å². The van der Waals surface area contributed by atoms with Crippen LogP contribution in [0.5, 0.6) is 11.5 Å². The van der Waals surface area contributed by atoms with E-state index in [1.807, 2.05) is 13.0 Å². The van der Waals surface area contributed by atoms with Crippen LogP contribution < -0.4 is 20.2 Å². The fourth-order valence-electron chi connectivity index (χ4n) is 2.06. The molecule has 0 bridgehead atoms. The van der Waals surface area contributed by atoms with E-state index in [2.05, 4.69) is 31.8 Å². The molecule has 0 amide bonds. The van der Waals surface area contributed by atoms with Crippen LogP contribution in [-0.2, 0) is 6.61 Å². The lowest BCUT2D eigenvalue weighted by Gasteiger charge is -2.13. The van der Waals surface area contributed by atoms with Crippen molar-refractivity contribution < 1.29 is 13.9 Å². The first-order valence-corrected chi connectivity index (χ1v) is 9.05. The molecule has 5 nitrogen and oxygen atoms in total. The Hall–Kier alpha value is -2.19. The quantitative estimate of drug-likeness (QED) is 0.388. The Labute approximate surface area is 165 Å². The van der Waals surface area contributed by atoms with Gasteiger partial charge in [-0.1, -0.05) is 12.1 Å². The predicted molar refractivity (Wildman–Crippen MR) is 108 cm³/mol. The van der Waals surface area contributed by atoms with E-state index in [0.717, 1.165) is 22.1 Å². The van der Waals surface area contributed by atoms with Crippen molar-refractivity contribution in [1.29, 1.82) is 0 Å². The molecular formula is C18H19BrFN3O2S. The average Bonchev–Trinajstić information content (AvgIpc) is 2.62. The average molecular weight is 440 g/mol. The van der Waals surface area contributed by atoms with Gasteiger partial charge in [-0.15, -0.1) is 0 Å². The molecule has 0 aromatic heterocycles. The monoisotopic (exact) mass is 439 g/mol. The van der Waals surface area contributed by atoms with Crippen LogP contribution >= 0.6 is 28.1 Å². The maximum absolute atomic E-state index is 13.0.